The lowest BCUT2D eigenvalue weighted by Crippen LogP contribution is -2.01. The molecule has 0 aliphatic rings. The van der Waals surface area contributed by atoms with Crippen LogP contribution in [0.25, 0.3) is 0 Å². The van der Waals surface area contributed by atoms with Gasteiger partial charge in [0.2, 0.25) is 0 Å². The number of benzene rings is 1. The molecule has 0 saturated heterocycles. The molecule has 2 N–H and O–H groups in total. The van der Waals surface area contributed by atoms with E-state index < -0.39 is 0 Å². The second kappa shape index (κ2) is 5.80. The summed E-state index contributed by atoms with van der Waals surface area (Å²) in [7, 11) is 0. The molecule has 100 valence electrons. The first-order valence-corrected chi connectivity index (χ1v) is 6.98. The van der Waals surface area contributed by atoms with Gasteiger partial charge < -0.3 is 10.4 Å². The quantitative estimate of drug-likeness (QED) is 0.812. The second-order valence-corrected chi connectivity index (χ2v) is 5.64. The molecule has 0 aliphatic carbocycles. The molecule has 0 spiro atoms. The number of nitrogens with one attached hydrogen (secondary N) is 1. The molecule has 0 atom stereocenters. The molecule has 0 radical (unpaired) electrons. The Hall–Kier alpha value is -1.26. The fourth-order valence-corrected chi connectivity index (χ4v) is 2.32. The minimum absolute atomic E-state index is 0.361. The number of rotatable bonds is 3. The zero-order chi connectivity index (χ0) is 14.0. The van der Waals surface area contributed by atoms with Crippen LogP contribution in [-0.2, 0) is 6.54 Å². The second-order valence-electron chi connectivity index (χ2n) is 4.43. The first kappa shape index (κ1) is 14.2. The van der Waals surface area contributed by atoms with Crippen molar-refractivity contribution in [2.24, 2.45) is 0 Å². The third kappa shape index (κ3) is 3.39. The van der Waals surface area contributed by atoms with Gasteiger partial charge in [0.05, 0.1) is 16.4 Å². The number of hydrogen-bond donors (Lipinski definition) is 2. The van der Waals surface area contributed by atoms with Crippen molar-refractivity contribution in [3.05, 3.63) is 50.7 Å². The Balaban J connectivity index is 2.12. The lowest BCUT2D eigenvalue weighted by atomic mass is 10.1. The molecule has 0 amide bonds. The predicted molar refractivity (Wildman–Crippen MR) is 81.9 cm³/mol. The SMILES string of the molecule is Cc1cc(CNc2cnc(Cl)c(Br)c2)cc(C)c1O. The van der Waals surface area contributed by atoms with Gasteiger partial charge in [-0.25, -0.2) is 4.98 Å². The average Bonchev–Trinajstić information content (AvgIpc) is 2.37. The van der Waals surface area contributed by atoms with E-state index in [1.807, 2.05) is 32.0 Å². The van der Waals surface area contributed by atoms with Gasteiger partial charge in [-0.1, -0.05) is 23.7 Å². The number of pyridine rings is 1. The van der Waals surface area contributed by atoms with Crippen LogP contribution in [0.5, 0.6) is 5.75 Å². The third-order valence-corrected chi connectivity index (χ3v) is 3.98. The molecule has 0 saturated carbocycles. The van der Waals surface area contributed by atoms with E-state index in [1.54, 1.807) is 6.20 Å². The monoisotopic (exact) mass is 340 g/mol. The van der Waals surface area contributed by atoms with Crippen LogP contribution in [-0.4, -0.2) is 10.1 Å². The third-order valence-electron chi connectivity index (χ3n) is 2.84. The lowest BCUT2D eigenvalue weighted by molar-refractivity contribution is 0.466. The summed E-state index contributed by atoms with van der Waals surface area (Å²) in [6.45, 7) is 4.45. The highest BCUT2D eigenvalue weighted by Gasteiger charge is 2.04. The Bertz CT molecular complexity index is 593. The Kier molecular flexibility index (Phi) is 4.32. The molecule has 1 aromatic heterocycles. The average molecular weight is 342 g/mol. The van der Waals surface area contributed by atoms with Gasteiger partial charge in [0.25, 0.3) is 0 Å². The van der Waals surface area contributed by atoms with E-state index in [-0.39, 0.29) is 0 Å². The van der Waals surface area contributed by atoms with Crippen LogP contribution in [0.1, 0.15) is 16.7 Å². The highest BCUT2D eigenvalue weighted by atomic mass is 79.9. The van der Waals surface area contributed by atoms with Gasteiger partial charge in [-0.15, -0.1) is 0 Å². The summed E-state index contributed by atoms with van der Waals surface area (Å²) >= 11 is 9.18. The summed E-state index contributed by atoms with van der Waals surface area (Å²) in [5, 5.41) is 13.4. The Labute approximate surface area is 125 Å². The maximum absolute atomic E-state index is 9.73. The molecule has 0 fully saturated rings. The molecule has 0 aliphatic heterocycles. The van der Waals surface area contributed by atoms with Crippen molar-refractivity contribution < 1.29 is 5.11 Å². The van der Waals surface area contributed by atoms with Crippen molar-refractivity contribution >= 4 is 33.2 Å². The summed E-state index contributed by atoms with van der Waals surface area (Å²) in [6, 6.07) is 5.82. The van der Waals surface area contributed by atoms with Crippen molar-refractivity contribution in [2.75, 3.05) is 5.32 Å². The largest absolute Gasteiger partial charge is 0.507 e. The number of aromatic nitrogens is 1. The van der Waals surface area contributed by atoms with Crippen LogP contribution in [0, 0.1) is 13.8 Å². The Morgan fingerprint density at radius 3 is 2.47 bits per heavy atom. The molecule has 0 bridgehead atoms. The van der Waals surface area contributed by atoms with Crippen LogP contribution in [0.4, 0.5) is 5.69 Å². The summed E-state index contributed by atoms with van der Waals surface area (Å²) in [5.74, 6) is 0.361. The van der Waals surface area contributed by atoms with E-state index in [0.717, 1.165) is 26.9 Å². The maximum atomic E-state index is 9.73. The number of phenolic OH excluding ortho intramolecular Hbond substituents is 1. The standard InChI is InChI=1S/C14H14BrClN2O/c1-8-3-10(4-9(2)13(8)19)6-17-11-5-12(15)14(16)18-7-11/h3-5,7,17,19H,6H2,1-2H3. The zero-order valence-corrected chi connectivity index (χ0v) is 13.0. The van der Waals surface area contributed by atoms with E-state index in [0.29, 0.717) is 17.4 Å². The predicted octanol–water partition coefficient (Wildman–Crippen LogP) is 4.43. The Morgan fingerprint density at radius 1 is 1.26 bits per heavy atom. The number of nitrogens with zero attached hydrogens (tertiary/aromatic N) is 1. The number of aromatic hydroxyl groups is 1. The van der Waals surface area contributed by atoms with Gasteiger partial charge in [0, 0.05) is 6.54 Å². The summed E-state index contributed by atoms with van der Waals surface area (Å²) in [6.07, 6.45) is 1.69. The molecule has 5 heteroatoms. The van der Waals surface area contributed by atoms with Crippen molar-refractivity contribution in [2.45, 2.75) is 20.4 Å². The molecule has 3 nitrogen and oxygen atoms in total. The maximum Gasteiger partial charge on any atom is 0.143 e. The van der Waals surface area contributed by atoms with Gasteiger partial charge in [-0.2, -0.15) is 0 Å². The molecular weight excluding hydrogens is 328 g/mol. The lowest BCUT2D eigenvalue weighted by Gasteiger charge is -2.10. The van der Waals surface area contributed by atoms with E-state index >= 15 is 0 Å². The summed E-state index contributed by atoms with van der Waals surface area (Å²) in [4.78, 5) is 4.06. The summed E-state index contributed by atoms with van der Waals surface area (Å²) in [5.41, 5.74) is 3.76. The number of anilines is 1. The highest BCUT2D eigenvalue weighted by Crippen LogP contribution is 2.25. The van der Waals surface area contributed by atoms with Crippen LogP contribution < -0.4 is 5.32 Å². The van der Waals surface area contributed by atoms with Crippen molar-refractivity contribution in [3.63, 3.8) is 0 Å². The van der Waals surface area contributed by atoms with E-state index in [9.17, 15) is 5.11 Å². The van der Waals surface area contributed by atoms with Crippen molar-refractivity contribution in [3.8, 4) is 5.75 Å². The van der Waals surface area contributed by atoms with Gasteiger partial charge in [0.1, 0.15) is 10.9 Å². The van der Waals surface area contributed by atoms with Crippen molar-refractivity contribution in [1.29, 1.82) is 0 Å². The van der Waals surface area contributed by atoms with Crippen LogP contribution >= 0.6 is 27.5 Å². The van der Waals surface area contributed by atoms with Gasteiger partial charge in [-0.3, -0.25) is 0 Å². The smallest absolute Gasteiger partial charge is 0.143 e. The van der Waals surface area contributed by atoms with Crippen LogP contribution in [0.15, 0.2) is 28.9 Å². The molecule has 19 heavy (non-hydrogen) atoms. The number of hydrogen-bond acceptors (Lipinski definition) is 3. The minimum Gasteiger partial charge on any atom is -0.507 e. The molecule has 0 unspecified atom stereocenters. The van der Waals surface area contributed by atoms with E-state index in [2.05, 4.69) is 26.2 Å². The van der Waals surface area contributed by atoms with E-state index in [1.165, 1.54) is 0 Å². The summed E-state index contributed by atoms with van der Waals surface area (Å²) < 4.78 is 0.761. The van der Waals surface area contributed by atoms with Crippen LogP contribution in [0.2, 0.25) is 5.15 Å². The normalized spacial score (nSPS) is 10.5. The minimum atomic E-state index is 0.361. The molecular formula is C14H14BrClN2O. The van der Waals surface area contributed by atoms with Crippen molar-refractivity contribution in [1.82, 2.24) is 4.98 Å². The first-order valence-electron chi connectivity index (χ1n) is 5.81. The fourth-order valence-electron chi connectivity index (χ4n) is 1.87. The molecule has 2 rings (SSSR count). The van der Waals surface area contributed by atoms with Gasteiger partial charge in [-0.05, 0) is 52.5 Å². The topological polar surface area (TPSA) is 45.2 Å². The molecule has 2 aromatic rings. The first-order chi connectivity index (χ1) is 8.97. The van der Waals surface area contributed by atoms with E-state index in [4.69, 9.17) is 11.6 Å². The molecule has 1 heterocycles. The number of halogens is 2. The number of aryl methyl sites for hydroxylation is 2. The van der Waals surface area contributed by atoms with Crippen LogP contribution in [0.3, 0.4) is 0 Å². The Morgan fingerprint density at radius 2 is 1.89 bits per heavy atom. The zero-order valence-electron chi connectivity index (χ0n) is 10.7. The highest BCUT2D eigenvalue weighted by molar-refractivity contribution is 9.10. The number of phenols is 1. The molecule has 1 aromatic carbocycles. The van der Waals surface area contributed by atoms with Gasteiger partial charge >= 0.3 is 0 Å². The van der Waals surface area contributed by atoms with Gasteiger partial charge in [0.15, 0.2) is 0 Å². The fraction of sp³-hybridized carbons (Fsp3) is 0.214.